The fraction of sp³-hybridized carbons (Fsp3) is 0.385. The first-order chi connectivity index (χ1) is 15.9. The zero-order valence-corrected chi connectivity index (χ0v) is 20.3. The lowest BCUT2D eigenvalue weighted by molar-refractivity contribution is 0.0949. The predicted octanol–water partition coefficient (Wildman–Crippen LogP) is 4.33. The molecule has 1 amide bonds. The molecule has 3 aromatic rings. The van der Waals surface area contributed by atoms with E-state index in [9.17, 15) is 4.79 Å². The summed E-state index contributed by atoms with van der Waals surface area (Å²) < 4.78 is 1.81. The average molecular weight is 466 g/mol. The number of nitrogens with zero attached hydrogens (tertiary/aromatic N) is 4. The molecule has 0 saturated carbocycles. The molecule has 0 radical (unpaired) electrons. The van der Waals surface area contributed by atoms with Gasteiger partial charge in [-0.25, -0.2) is 4.68 Å². The summed E-state index contributed by atoms with van der Waals surface area (Å²) in [6, 6.07) is 16.0. The minimum atomic E-state index is -0.114. The number of carbonyl (C=O) groups excluding carboxylic acids is 1. The molecular formula is C26H32ClN5O. The number of amides is 1. The molecule has 1 fully saturated rings. The normalized spacial score (nSPS) is 15.2. The second-order valence-electron chi connectivity index (χ2n) is 9.07. The van der Waals surface area contributed by atoms with Crippen LogP contribution in [0.4, 0.5) is 0 Å². The highest BCUT2D eigenvalue weighted by atomic mass is 35.5. The molecule has 0 aliphatic carbocycles. The monoisotopic (exact) mass is 465 g/mol. The van der Waals surface area contributed by atoms with Crippen LogP contribution in [0.15, 0.2) is 54.7 Å². The average Bonchev–Trinajstić information content (AvgIpc) is 3.25. The Labute approximate surface area is 201 Å². The molecule has 1 N–H and O–H groups in total. The maximum atomic E-state index is 13.1. The third kappa shape index (κ3) is 5.82. The fourth-order valence-electron chi connectivity index (χ4n) is 4.28. The van der Waals surface area contributed by atoms with Crippen LogP contribution in [0, 0.1) is 0 Å². The van der Waals surface area contributed by atoms with E-state index in [1.807, 2.05) is 28.9 Å². The molecule has 0 atom stereocenters. The molecule has 33 heavy (non-hydrogen) atoms. The summed E-state index contributed by atoms with van der Waals surface area (Å²) in [5.74, 6) is 0.00981. The molecule has 0 unspecified atom stereocenters. The van der Waals surface area contributed by atoms with Crippen molar-refractivity contribution < 1.29 is 4.79 Å². The Hall–Kier alpha value is -2.67. The Balaban J connectivity index is 1.44. The van der Waals surface area contributed by atoms with E-state index >= 15 is 0 Å². The van der Waals surface area contributed by atoms with Crippen molar-refractivity contribution >= 4 is 17.5 Å². The summed E-state index contributed by atoms with van der Waals surface area (Å²) in [4.78, 5) is 17.9. The van der Waals surface area contributed by atoms with Gasteiger partial charge < -0.3 is 10.2 Å². The molecule has 2 heterocycles. The summed E-state index contributed by atoms with van der Waals surface area (Å²) in [5.41, 5.74) is 4.70. The molecule has 0 spiro atoms. The highest BCUT2D eigenvalue weighted by molar-refractivity contribution is 6.30. The molecule has 1 aromatic heterocycles. The third-order valence-corrected chi connectivity index (χ3v) is 6.33. The Bertz CT molecular complexity index is 1100. The number of piperazine rings is 1. The van der Waals surface area contributed by atoms with E-state index in [1.165, 1.54) is 5.56 Å². The van der Waals surface area contributed by atoms with Crippen LogP contribution in [-0.4, -0.2) is 58.7 Å². The predicted molar refractivity (Wildman–Crippen MR) is 133 cm³/mol. The number of benzene rings is 2. The molecule has 4 rings (SSSR count). The van der Waals surface area contributed by atoms with Gasteiger partial charge in [-0.3, -0.25) is 9.69 Å². The van der Waals surface area contributed by atoms with Gasteiger partial charge in [-0.2, -0.15) is 5.10 Å². The quantitative estimate of drug-likeness (QED) is 0.564. The van der Waals surface area contributed by atoms with Gasteiger partial charge in [0, 0.05) is 44.3 Å². The summed E-state index contributed by atoms with van der Waals surface area (Å²) in [7, 11) is 2.17. The molecular weight excluding hydrogens is 434 g/mol. The SMILES string of the molecule is CC(C)c1c(C(=O)NCc2cccc(CN3CCN(C)CC3)c2)cnn1-c1cccc(Cl)c1. The number of hydrogen-bond donors (Lipinski definition) is 1. The summed E-state index contributed by atoms with van der Waals surface area (Å²) in [6.45, 7) is 9.95. The van der Waals surface area contributed by atoms with Crippen molar-refractivity contribution in [3.05, 3.63) is 82.1 Å². The van der Waals surface area contributed by atoms with Crippen LogP contribution in [0.1, 0.15) is 46.9 Å². The molecule has 1 aliphatic heterocycles. The fourth-order valence-corrected chi connectivity index (χ4v) is 4.47. The van der Waals surface area contributed by atoms with Gasteiger partial charge in [0.2, 0.25) is 0 Å². The molecule has 7 heteroatoms. The highest BCUT2D eigenvalue weighted by Crippen LogP contribution is 2.24. The smallest absolute Gasteiger partial charge is 0.255 e. The largest absolute Gasteiger partial charge is 0.348 e. The van der Waals surface area contributed by atoms with Gasteiger partial charge in [0.1, 0.15) is 0 Å². The first-order valence-corrected chi connectivity index (χ1v) is 11.9. The Morgan fingerprint density at radius 3 is 2.52 bits per heavy atom. The van der Waals surface area contributed by atoms with Crippen molar-refractivity contribution in [1.82, 2.24) is 24.9 Å². The Morgan fingerprint density at radius 2 is 1.79 bits per heavy atom. The lowest BCUT2D eigenvalue weighted by Gasteiger charge is -2.32. The Kier molecular flexibility index (Phi) is 7.48. The van der Waals surface area contributed by atoms with E-state index in [-0.39, 0.29) is 11.8 Å². The lowest BCUT2D eigenvalue weighted by Crippen LogP contribution is -2.43. The number of halogens is 1. The molecule has 174 valence electrons. The van der Waals surface area contributed by atoms with Gasteiger partial charge in [-0.1, -0.05) is 55.8 Å². The molecule has 2 aromatic carbocycles. The van der Waals surface area contributed by atoms with E-state index in [2.05, 4.69) is 65.4 Å². The second-order valence-corrected chi connectivity index (χ2v) is 9.51. The number of hydrogen-bond acceptors (Lipinski definition) is 4. The van der Waals surface area contributed by atoms with E-state index in [1.54, 1.807) is 6.20 Å². The van der Waals surface area contributed by atoms with Gasteiger partial charge in [0.25, 0.3) is 5.91 Å². The van der Waals surface area contributed by atoms with Gasteiger partial charge in [0.15, 0.2) is 0 Å². The third-order valence-electron chi connectivity index (χ3n) is 6.10. The first kappa shape index (κ1) is 23.5. The van der Waals surface area contributed by atoms with Gasteiger partial charge in [-0.05, 0) is 42.3 Å². The zero-order valence-electron chi connectivity index (χ0n) is 19.6. The van der Waals surface area contributed by atoms with Crippen LogP contribution in [-0.2, 0) is 13.1 Å². The summed E-state index contributed by atoms with van der Waals surface area (Å²) in [5, 5.41) is 8.22. The van der Waals surface area contributed by atoms with Crippen molar-refractivity contribution in [3.63, 3.8) is 0 Å². The molecule has 0 bridgehead atoms. The molecule has 6 nitrogen and oxygen atoms in total. The van der Waals surface area contributed by atoms with Crippen LogP contribution in [0.3, 0.4) is 0 Å². The lowest BCUT2D eigenvalue weighted by atomic mass is 10.0. The molecule has 1 aliphatic rings. The minimum Gasteiger partial charge on any atom is -0.348 e. The minimum absolute atomic E-state index is 0.114. The van der Waals surface area contributed by atoms with Crippen LogP contribution in [0.2, 0.25) is 5.02 Å². The number of rotatable bonds is 7. The van der Waals surface area contributed by atoms with Gasteiger partial charge in [-0.15, -0.1) is 0 Å². The maximum Gasteiger partial charge on any atom is 0.255 e. The molecule has 1 saturated heterocycles. The van der Waals surface area contributed by atoms with Crippen LogP contribution in [0.25, 0.3) is 5.69 Å². The van der Waals surface area contributed by atoms with Crippen molar-refractivity contribution in [2.24, 2.45) is 0 Å². The van der Waals surface area contributed by atoms with Crippen LogP contribution < -0.4 is 5.32 Å². The van der Waals surface area contributed by atoms with Crippen molar-refractivity contribution in [3.8, 4) is 5.69 Å². The first-order valence-electron chi connectivity index (χ1n) is 11.5. The van der Waals surface area contributed by atoms with E-state index in [0.717, 1.165) is 49.7 Å². The van der Waals surface area contributed by atoms with Gasteiger partial charge >= 0.3 is 0 Å². The standard InChI is InChI=1S/C26H32ClN5O/c1-19(2)25-24(17-29-32(25)23-9-5-8-22(27)15-23)26(33)28-16-20-6-4-7-21(14-20)18-31-12-10-30(3)11-13-31/h4-9,14-15,17,19H,10-13,16,18H2,1-3H3,(H,28,33). The topological polar surface area (TPSA) is 53.4 Å². The summed E-state index contributed by atoms with van der Waals surface area (Å²) in [6.07, 6.45) is 1.65. The van der Waals surface area contributed by atoms with Crippen molar-refractivity contribution in [2.75, 3.05) is 33.2 Å². The van der Waals surface area contributed by atoms with Crippen LogP contribution in [0.5, 0.6) is 0 Å². The van der Waals surface area contributed by atoms with Crippen LogP contribution >= 0.6 is 11.6 Å². The van der Waals surface area contributed by atoms with Gasteiger partial charge in [0.05, 0.1) is 23.1 Å². The Morgan fingerprint density at radius 1 is 1.06 bits per heavy atom. The number of nitrogens with one attached hydrogen (secondary N) is 1. The van der Waals surface area contributed by atoms with E-state index < -0.39 is 0 Å². The zero-order chi connectivity index (χ0) is 23.4. The number of likely N-dealkylation sites (N-methyl/N-ethyl adjacent to an activating group) is 1. The highest BCUT2D eigenvalue weighted by Gasteiger charge is 2.21. The number of carbonyl (C=O) groups is 1. The van der Waals surface area contributed by atoms with E-state index in [4.69, 9.17) is 11.6 Å². The maximum absolute atomic E-state index is 13.1. The number of aromatic nitrogens is 2. The van der Waals surface area contributed by atoms with Crippen molar-refractivity contribution in [2.45, 2.75) is 32.9 Å². The second kappa shape index (κ2) is 10.5. The van der Waals surface area contributed by atoms with E-state index in [0.29, 0.717) is 17.1 Å². The summed E-state index contributed by atoms with van der Waals surface area (Å²) >= 11 is 6.17. The van der Waals surface area contributed by atoms with Crippen molar-refractivity contribution in [1.29, 1.82) is 0 Å².